The minimum absolute atomic E-state index is 0. The Kier molecular flexibility index (Phi) is 15.1. The minimum atomic E-state index is 0. The number of hydrogen-bond acceptors (Lipinski definition) is 2. The topological polar surface area (TPSA) is 118 Å². The van der Waals surface area contributed by atoms with Gasteiger partial charge in [-0.3, -0.25) is 0 Å². The highest BCUT2D eigenvalue weighted by Crippen LogP contribution is 2.40. The first-order chi connectivity index (χ1) is 7.77. The maximum atomic E-state index is 4.01. The van der Waals surface area contributed by atoms with Gasteiger partial charge >= 0.3 is 0 Å². The second-order valence-electron chi connectivity index (χ2n) is 3.38. The lowest BCUT2D eigenvalue weighted by Gasteiger charge is -2.02. The summed E-state index contributed by atoms with van der Waals surface area (Å²) in [7, 11) is 3.46. The van der Waals surface area contributed by atoms with Gasteiger partial charge in [0.2, 0.25) is 0 Å². The quantitative estimate of drug-likeness (QED) is 0.534. The molecule has 0 bridgehead atoms. The Bertz CT molecular complexity index is 459. The van der Waals surface area contributed by atoms with Gasteiger partial charge in [0.1, 0.15) is 11.4 Å². The molecular weight excluding hydrogens is 339 g/mol. The van der Waals surface area contributed by atoms with E-state index < -0.39 is 0 Å². The molecule has 0 spiro atoms. The van der Waals surface area contributed by atoms with Crippen molar-refractivity contribution in [1.29, 1.82) is 0 Å². The largest absolute Gasteiger partial charge is 1.00 e. The van der Waals surface area contributed by atoms with Crippen molar-refractivity contribution in [2.75, 3.05) is 0 Å². The molecule has 2 rings (SSSR count). The van der Waals surface area contributed by atoms with Crippen molar-refractivity contribution in [1.82, 2.24) is 0 Å². The molecule has 114 valence electrons. The fourth-order valence-corrected chi connectivity index (χ4v) is 3.57. The Morgan fingerprint density at radius 1 is 0.600 bits per heavy atom. The van der Waals surface area contributed by atoms with Gasteiger partial charge in [-0.05, 0) is 33.7 Å². The molecule has 0 aliphatic rings. The molecule has 4 nitrogen and oxygen atoms in total. The molecule has 10 N–H and O–H groups in total. The van der Waals surface area contributed by atoms with Crippen LogP contribution in [0, 0.1) is 0 Å². The van der Waals surface area contributed by atoms with Gasteiger partial charge in [0.15, 0.2) is 0 Å². The SMILES string of the molecule is O.O.[Cl-].[Cl-].[NH3+]c1ccccc1SSc1ccccc1[NH3+]. The zero-order chi connectivity index (χ0) is 11.4. The van der Waals surface area contributed by atoms with Crippen molar-refractivity contribution < 1.29 is 47.2 Å². The van der Waals surface area contributed by atoms with Crippen LogP contribution < -0.4 is 36.3 Å². The van der Waals surface area contributed by atoms with Gasteiger partial charge in [0.05, 0.1) is 9.79 Å². The fraction of sp³-hybridized carbons (Fsp3) is 0. The van der Waals surface area contributed by atoms with Crippen LogP contribution >= 0.6 is 21.6 Å². The van der Waals surface area contributed by atoms with Crippen LogP contribution in [-0.2, 0) is 0 Å². The molecule has 0 aromatic heterocycles. The summed E-state index contributed by atoms with van der Waals surface area (Å²) in [4.78, 5) is 2.41. The van der Waals surface area contributed by atoms with Gasteiger partial charge < -0.3 is 47.2 Å². The maximum Gasteiger partial charge on any atom is 0.142 e. The zero-order valence-electron chi connectivity index (χ0n) is 10.6. The molecule has 8 heteroatoms. The van der Waals surface area contributed by atoms with Gasteiger partial charge in [0, 0.05) is 12.1 Å². The average Bonchev–Trinajstić information content (AvgIpc) is 2.30. The third-order valence-electron chi connectivity index (χ3n) is 2.17. The molecule has 2 aromatic rings. The van der Waals surface area contributed by atoms with E-state index in [-0.39, 0.29) is 35.8 Å². The molecule has 2 aromatic carbocycles. The van der Waals surface area contributed by atoms with E-state index in [9.17, 15) is 0 Å². The standard InChI is InChI=1S/C12H12N2S2.2ClH.2H2O/c13-9-5-1-3-7-11(9)15-16-12-8-4-2-6-10(12)14;;;;/h1-8H,13-14H2;2*1H;2*1H2. The van der Waals surface area contributed by atoms with E-state index in [2.05, 4.69) is 23.6 Å². The lowest BCUT2D eigenvalue weighted by Crippen LogP contribution is -3.00. The maximum absolute atomic E-state index is 4.01. The summed E-state index contributed by atoms with van der Waals surface area (Å²) in [6, 6.07) is 16.3. The van der Waals surface area contributed by atoms with E-state index in [1.54, 1.807) is 21.6 Å². The predicted molar refractivity (Wildman–Crippen MR) is 76.9 cm³/mol. The molecular formula is C12H18Cl2N2O2S2. The Balaban J connectivity index is -0.000000722. The van der Waals surface area contributed by atoms with Crippen molar-refractivity contribution in [2.45, 2.75) is 9.79 Å². The second-order valence-corrected chi connectivity index (χ2v) is 5.60. The Morgan fingerprint density at radius 3 is 1.20 bits per heavy atom. The highest BCUT2D eigenvalue weighted by atomic mass is 35.5. The lowest BCUT2D eigenvalue weighted by atomic mass is 10.3. The lowest BCUT2D eigenvalue weighted by molar-refractivity contribution is -0.259. The number of halogens is 2. The minimum Gasteiger partial charge on any atom is -1.00 e. The molecule has 0 fully saturated rings. The number of quaternary nitrogens is 2. The Morgan fingerprint density at radius 2 is 0.900 bits per heavy atom. The van der Waals surface area contributed by atoms with E-state index >= 15 is 0 Å². The summed E-state index contributed by atoms with van der Waals surface area (Å²) in [6.45, 7) is 0. The third-order valence-corrected chi connectivity index (χ3v) is 4.73. The first kappa shape index (κ1) is 24.6. The van der Waals surface area contributed by atoms with Crippen LogP contribution in [0.25, 0.3) is 0 Å². The Hall–Kier alpha value is -0.440. The van der Waals surface area contributed by atoms with E-state index in [0.29, 0.717) is 0 Å². The summed E-state index contributed by atoms with van der Waals surface area (Å²) in [5.41, 5.74) is 10.2. The van der Waals surface area contributed by atoms with Crippen LogP contribution in [0.5, 0.6) is 0 Å². The first-order valence-electron chi connectivity index (χ1n) is 4.94. The molecule has 0 saturated carbocycles. The number of rotatable bonds is 3. The monoisotopic (exact) mass is 356 g/mol. The van der Waals surface area contributed by atoms with Crippen molar-refractivity contribution in [2.24, 2.45) is 0 Å². The highest BCUT2D eigenvalue weighted by Gasteiger charge is 2.06. The van der Waals surface area contributed by atoms with E-state index in [4.69, 9.17) is 0 Å². The van der Waals surface area contributed by atoms with Crippen molar-refractivity contribution in [3.8, 4) is 0 Å². The molecule has 0 aliphatic heterocycles. The molecule has 0 aliphatic carbocycles. The van der Waals surface area contributed by atoms with Gasteiger partial charge in [-0.15, -0.1) is 0 Å². The van der Waals surface area contributed by atoms with Gasteiger partial charge in [-0.2, -0.15) is 0 Å². The zero-order valence-corrected chi connectivity index (χ0v) is 13.8. The van der Waals surface area contributed by atoms with Crippen molar-refractivity contribution >= 4 is 33.0 Å². The summed E-state index contributed by atoms with van der Waals surface area (Å²) in [6.07, 6.45) is 0. The van der Waals surface area contributed by atoms with E-state index in [1.165, 1.54) is 9.79 Å². The van der Waals surface area contributed by atoms with Crippen LogP contribution in [0.1, 0.15) is 0 Å². The Labute approximate surface area is 138 Å². The first-order valence-corrected chi connectivity index (χ1v) is 7.09. The van der Waals surface area contributed by atoms with E-state index in [1.807, 2.05) is 36.4 Å². The number of hydrogen-bond donors (Lipinski definition) is 2. The number of benzene rings is 2. The molecule has 0 saturated heterocycles. The summed E-state index contributed by atoms with van der Waals surface area (Å²) < 4.78 is 0. The molecule has 0 atom stereocenters. The van der Waals surface area contributed by atoms with Crippen LogP contribution in [0.2, 0.25) is 0 Å². The van der Waals surface area contributed by atoms with Crippen LogP contribution in [-0.4, -0.2) is 11.0 Å². The molecule has 20 heavy (non-hydrogen) atoms. The van der Waals surface area contributed by atoms with Gasteiger partial charge in [0.25, 0.3) is 0 Å². The molecule has 0 heterocycles. The smallest absolute Gasteiger partial charge is 0.142 e. The molecule has 0 unspecified atom stereocenters. The van der Waals surface area contributed by atoms with Crippen LogP contribution in [0.4, 0.5) is 11.4 Å². The second kappa shape index (κ2) is 12.3. The summed E-state index contributed by atoms with van der Waals surface area (Å²) >= 11 is 0. The molecule has 0 radical (unpaired) electrons. The third kappa shape index (κ3) is 6.83. The van der Waals surface area contributed by atoms with Crippen LogP contribution in [0.3, 0.4) is 0 Å². The fourth-order valence-electron chi connectivity index (χ4n) is 1.26. The van der Waals surface area contributed by atoms with Crippen molar-refractivity contribution in [3.05, 3.63) is 48.5 Å². The summed E-state index contributed by atoms with van der Waals surface area (Å²) in [5, 5.41) is 0. The average molecular weight is 357 g/mol. The molecule has 0 amide bonds. The van der Waals surface area contributed by atoms with E-state index in [0.717, 1.165) is 11.4 Å². The normalized spacial score (nSPS) is 8.30. The summed E-state index contributed by atoms with van der Waals surface area (Å²) in [5.74, 6) is 0. The van der Waals surface area contributed by atoms with Crippen LogP contribution in [0.15, 0.2) is 58.3 Å². The highest BCUT2D eigenvalue weighted by molar-refractivity contribution is 8.76. The van der Waals surface area contributed by atoms with Gasteiger partial charge in [-0.25, -0.2) is 0 Å². The predicted octanol–water partition coefficient (Wildman–Crippen LogP) is -5.41. The van der Waals surface area contributed by atoms with Crippen molar-refractivity contribution in [3.63, 3.8) is 0 Å². The van der Waals surface area contributed by atoms with Gasteiger partial charge in [-0.1, -0.05) is 24.3 Å².